The lowest BCUT2D eigenvalue weighted by molar-refractivity contribution is -0.141. The molecule has 0 atom stereocenters. The Hall–Kier alpha value is -1.66. The van der Waals surface area contributed by atoms with Gasteiger partial charge in [-0.25, -0.2) is 9.97 Å². The third-order valence-corrected chi connectivity index (χ3v) is 1.48. The van der Waals surface area contributed by atoms with Crippen LogP contribution in [-0.4, -0.2) is 20.9 Å². The lowest BCUT2D eigenvalue weighted by atomic mass is 10.2. The molecule has 0 fully saturated rings. The molecule has 1 rings (SSSR count). The van der Waals surface area contributed by atoms with Gasteiger partial charge >= 0.3 is 6.18 Å². The summed E-state index contributed by atoms with van der Waals surface area (Å²) in [5, 5.41) is 11.1. The molecule has 0 saturated carbocycles. The van der Waals surface area contributed by atoms with Crippen molar-refractivity contribution in [3.63, 3.8) is 0 Å². The standard InChI is InChI=1S/C7H6F3N3O/c1-4(13-14)5-2-6(7(8,9)10)12-3-11-5/h2-3,14H,1H3. The van der Waals surface area contributed by atoms with Gasteiger partial charge in [0.05, 0.1) is 5.69 Å². The van der Waals surface area contributed by atoms with Crippen molar-refractivity contribution in [1.82, 2.24) is 9.97 Å². The Balaban J connectivity index is 3.14. The molecule has 0 aliphatic heterocycles. The Kier molecular flexibility index (Phi) is 2.68. The van der Waals surface area contributed by atoms with E-state index in [0.717, 1.165) is 12.4 Å². The van der Waals surface area contributed by atoms with Crippen LogP contribution in [0.15, 0.2) is 17.5 Å². The summed E-state index contributed by atoms with van der Waals surface area (Å²) < 4.78 is 36.4. The SMILES string of the molecule is CC(=NO)c1cc(C(F)(F)F)ncn1. The molecule has 0 radical (unpaired) electrons. The molecule has 0 bridgehead atoms. The van der Waals surface area contributed by atoms with Crippen molar-refractivity contribution in [1.29, 1.82) is 0 Å². The number of aromatic nitrogens is 2. The second-order valence-corrected chi connectivity index (χ2v) is 2.47. The van der Waals surface area contributed by atoms with Crippen LogP contribution >= 0.6 is 0 Å². The van der Waals surface area contributed by atoms with E-state index in [-0.39, 0.29) is 11.4 Å². The molecule has 0 saturated heterocycles. The smallest absolute Gasteiger partial charge is 0.411 e. The van der Waals surface area contributed by atoms with Gasteiger partial charge in [-0.15, -0.1) is 0 Å². The third kappa shape index (κ3) is 2.18. The van der Waals surface area contributed by atoms with Crippen molar-refractivity contribution >= 4 is 5.71 Å². The largest absolute Gasteiger partial charge is 0.433 e. The number of hydrogen-bond donors (Lipinski definition) is 1. The molecule has 0 spiro atoms. The van der Waals surface area contributed by atoms with E-state index in [1.54, 1.807) is 0 Å². The number of rotatable bonds is 1. The van der Waals surface area contributed by atoms with Gasteiger partial charge in [0, 0.05) is 0 Å². The zero-order valence-electron chi connectivity index (χ0n) is 7.08. The van der Waals surface area contributed by atoms with E-state index >= 15 is 0 Å². The highest BCUT2D eigenvalue weighted by Gasteiger charge is 2.32. The average Bonchev–Trinajstić information content (AvgIpc) is 2.15. The van der Waals surface area contributed by atoms with Gasteiger partial charge in [0.1, 0.15) is 17.7 Å². The number of alkyl halides is 3. The van der Waals surface area contributed by atoms with E-state index in [1.165, 1.54) is 6.92 Å². The second-order valence-electron chi connectivity index (χ2n) is 2.47. The molecule has 0 amide bonds. The summed E-state index contributed by atoms with van der Waals surface area (Å²) in [6.45, 7) is 1.34. The topological polar surface area (TPSA) is 58.4 Å². The molecule has 0 aromatic carbocycles. The average molecular weight is 205 g/mol. The molecule has 14 heavy (non-hydrogen) atoms. The highest BCUT2D eigenvalue weighted by Crippen LogP contribution is 2.27. The Morgan fingerprint density at radius 2 is 2.07 bits per heavy atom. The fraction of sp³-hybridized carbons (Fsp3) is 0.286. The van der Waals surface area contributed by atoms with Crippen LogP contribution in [0.2, 0.25) is 0 Å². The summed E-state index contributed by atoms with van der Waals surface area (Å²) in [5.41, 5.74) is -1.13. The molecule has 1 heterocycles. The minimum absolute atomic E-state index is 0.00194. The molecule has 1 N–H and O–H groups in total. The van der Waals surface area contributed by atoms with Crippen molar-refractivity contribution in [2.45, 2.75) is 13.1 Å². The van der Waals surface area contributed by atoms with Crippen molar-refractivity contribution in [3.8, 4) is 0 Å². The summed E-state index contributed by atoms with van der Waals surface area (Å²) in [6.07, 6.45) is -3.75. The number of halogens is 3. The van der Waals surface area contributed by atoms with E-state index in [0.29, 0.717) is 0 Å². The van der Waals surface area contributed by atoms with Crippen LogP contribution in [0.4, 0.5) is 13.2 Å². The van der Waals surface area contributed by atoms with Crippen LogP contribution in [0.5, 0.6) is 0 Å². The van der Waals surface area contributed by atoms with E-state index in [1.807, 2.05) is 0 Å². The first-order valence-corrected chi connectivity index (χ1v) is 3.53. The van der Waals surface area contributed by atoms with Gasteiger partial charge in [-0.1, -0.05) is 5.16 Å². The van der Waals surface area contributed by atoms with E-state index < -0.39 is 11.9 Å². The zero-order valence-corrected chi connectivity index (χ0v) is 7.08. The maximum atomic E-state index is 12.1. The monoisotopic (exact) mass is 205 g/mol. The molecule has 0 unspecified atom stereocenters. The van der Waals surface area contributed by atoms with Crippen LogP contribution in [0.25, 0.3) is 0 Å². The van der Waals surface area contributed by atoms with Crippen molar-refractivity contribution in [2.24, 2.45) is 5.16 Å². The number of hydrogen-bond acceptors (Lipinski definition) is 4. The summed E-state index contributed by atoms with van der Waals surface area (Å²) in [5.74, 6) is 0. The summed E-state index contributed by atoms with van der Waals surface area (Å²) >= 11 is 0. The zero-order chi connectivity index (χ0) is 10.8. The Bertz CT molecular complexity index is 361. The molecule has 4 nitrogen and oxygen atoms in total. The molecule has 0 aliphatic carbocycles. The van der Waals surface area contributed by atoms with Gasteiger partial charge in [0.2, 0.25) is 0 Å². The Labute approximate surface area is 77.1 Å². The molecular weight excluding hydrogens is 199 g/mol. The maximum absolute atomic E-state index is 12.1. The van der Waals surface area contributed by atoms with Crippen LogP contribution in [0.1, 0.15) is 18.3 Å². The maximum Gasteiger partial charge on any atom is 0.433 e. The molecule has 0 aliphatic rings. The lowest BCUT2D eigenvalue weighted by Gasteiger charge is -2.05. The van der Waals surface area contributed by atoms with Crippen LogP contribution < -0.4 is 0 Å². The van der Waals surface area contributed by atoms with Crippen LogP contribution in [-0.2, 0) is 6.18 Å². The molecule has 1 aromatic rings. The predicted octanol–water partition coefficient (Wildman–Crippen LogP) is 1.69. The van der Waals surface area contributed by atoms with Crippen molar-refractivity contribution in [3.05, 3.63) is 23.8 Å². The first-order valence-electron chi connectivity index (χ1n) is 3.53. The minimum atomic E-state index is -4.52. The molecule has 1 aromatic heterocycles. The summed E-state index contributed by atoms with van der Waals surface area (Å²) in [4.78, 5) is 6.58. The van der Waals surface area contributed by atoms with Crippen molar-refractivity contribution < 1.29 is 18.4 Å². The van der Waals surface area contributed by atoms with E-state index in [9.17, 15) is 13.2 Å². The molecule has 7 heteroatoms. The fourth-order valence-electron chi connectivity index (χ4n) is 0.761. The van der Waals surface area contributed by atoms with Gasteiger partial charge in [-0.2, -0.15) is 13.2 Å². The van der Waals surface area contributed by atoms with Gasteiger partial charge in [-0.3, -0.25) is 0 Å². The van der Waals surface area contributed by atoms with Gasteiger partial charge in [0.15, 0.2) is 0 Å². The Morgan fingerprint density at radius 1 is 1.43 bits per heavy atom. The van der Waals surface area contributed by atoms with Crippen LogP contribution in [0, 0.1) is 0 Å². The van der Waals surface area contributed by atoms with Crippen LogP contribution in [0.3, 0.4) is 0 Å². The number of oxime groups is 1. The summed E-state index contributed by atoms with van der Waals surface area (Å²) in [7, 11) is 0. The molecular formula is C7H6F3N3O. The lowest BCUT2D eigenvalue weighted by Crippen LogP contribution is -2.10. The first-order chi connectivity index (χ1) is 6.45. The van der Waals surface area contributed by atoms with Gasteiger partial charge < -0.3 is 5.21 Å². The quantitative estimate of drug-likeness (QED) is 0.431. The van der Waals surface area contributed by atoms with E-state index in [4.69, 9.17) is 5.21 Å². The summed E-state index contributed by atoms with van der Waals surface area (Å²) in [6, 6.07) is 0.717. The minimum Gasteiger partial charge on any atom is -0.411 e. The third-order valence-electron chi connectivity index (χ3n) is 1.48. The van der Waals surface area contributed by atoms with Gasteiger partial charge in [0.25, 0.3) is 0 Å². The Morgan fingerprint density at radius 3 is 2.57 bits per heavy atom. The van der Waals surface area contributed by atoms with Gasteiger partial charge in [-0.05, 0) is 13.0 Å². The predicted molar refractivity (Wildman–Crippen MR) is 41.0 cm³/mol. The second kappa shape index (κ2) is 3.60. The van der Waals surface area contributed by atoms with E-state index in [2.05, 4.69) is 15.1 Å². The first kappa shape index (κ1) is 10.4. The molecule has 76 valence electrons. The van der Waals surface area contributed by atoms with Crippen molar-refractivity contribution in [2.75, 3.05) is 0 Å². The number of nitrogens with zero attached hydrogens (tertiary/aromatic N) is 3. The highest BCUT2D eigenvalue weighted by atomic mass is 19.4. The normalized spacial score (nSPS) is 13.0. The fourth-order valence-corrected chi connectivity index (χ4v) is 0.761. The highest BCUT2D eigenvalue weighted by molar-refractivity contribution is 5.96.